The van der Waals surface area contributed by atoms with E-state index in [2.05, 4.69) is 41.5 Å². The minimum absolute atomic E-state index is 0.0678. The van der Waals surface area contributed by atoms with Crippen LogP contribution in [0, 0.1) is 51.2 Å². The lowest BCUT2D eigenvalue weighted by Gasteiger charge is -2.63. The summed E-state index contributed by atoms with van der Waals surface area (Å²) in [7, 11) is 0. The topological polar surface area (TPSA) is 105 Å². The third kappa shape index (κ3) is 3.19. The van der Waals surface area contributed by atoms with Crippen LogP contribution in [0.4, 0.5) is 4.79 Å². The lowest BCUT2D eigenvalue weighted by Crippen LogP contribution is -2.70. The van der Waals surface area contributed by atoms with E-state index in [9.17, 15) is 15.0 Å². The van der Waals surface area contributed by atoms with Crippen molar-refractivity contribution in [1.29, 1.82) is 0 Å². The highest BCUT2D eigenvalue weighted by atomic mass is 16.6. The number of likely N-dealkylation sites (tertiary alicyclic amines) is 1. The van der Waals surface area contributed by atoms with Gasteiger partial charge in [-0.15, -0.1) is 0 Å². The third-order valence-corrected chi connectivity index (χ3v) is 14.7. The smallest absolute Gasteiger partial charge is 0.410 e. The van der Waals surface area contributed by atoms with E-state index in [0.717, 1.165) is 58.0 Å². The quantitative estimate of drug-likeness (QED) is 0.463. The van der Waals surface area contributed by atoms with Crippen molar-refractivity contribution in [2.75, 3.05) is 13.1 Å². The van der Waals surface area contributed by atoms with Gasteiger partial charge in [-0.2, -0.15) is 0 Å². The maximum absolute atomic E-state index is 12.8. The third-order valence-electron chi connectivity index (χ3n) is 14.7. The Morgan fingerprint density at radius 2 is 1.70 bits per heavy atom. The molecule has 7 nitrogen and oxygen atoms in total. The molecular formula is C33H54N2O5. The van der Waals surface area contributed by atoms with Gasteiger partial charge in [0.25, 0.3) is 0 Å². The fourth-order valence-electron chi connectivity index (χ4n) is 12.5. The van der Waals surface area contributed by atoms with E-state index in [1.165, 1.54) is 12.8 Å². The van der Waals surface area contributed by atoms with E-state index in [0.29, 0.717) is 11.8 Å². The van der Waals surface area contributed by atoms with Gasteiger partial charge in [0, 0.05) is 13.1 Å². The molecule has 0 aromatic carbocycles. The summed E-state index contributed by atoms with van der Waals surface area (Å²) in [5, 5.41) is 23.3. The van der Waals surface area contributed by atoms with E-state index in [4.69, 9.17) is 15.2 Å². The molecule has 0 radical (unpaired) electrons. The minimum Gasteiger partial charge on any atom is -0.443 e. The van der Waals surface area contributed by atoms with E-state index in [1.54, 1.807) is 4.90 Å². The molecule has 13 atom stereocenters. The van der Waals surface area contributed by atoms with Crippen LogP contribution in [0.1, 0.15) is 99.3 Å². The van der Waals surface area contributed by atoms with Crippen LogP contribution < -0.4 is 5.73 Å². The SMILES string of the molecule is CC(C)C(OC(=O)N1CCC1)C1CC(C)C2C(O1)C(O)C1(N)C3CCC4C(C)(C)C(O)CCC45CC35CCC21C. The number of amides is 1. The summed E-state index contributed by atoms with van der Waals surface area (Å²) in [5.41, 5.74) is 7.20. The number of nitrogens with two attached hydrogens (primary N) is 1. The number of ether oxygens (including phenoxy) is 2. The zero-order chi connectivity index (χ0) is 28.6. The van der Waals surface area contributed by atoms with Crippen molar-refractivity contribution < 1.29 is 24.5 Å². The summed E-state index contributed by atoms with van der Waals surface area (Å²) in [4.78, 5) is 14.6. The summed E-state index contributed by atoms with van der Waals surface area (Å²) in [6, 6.07) is 0. The predicted molar refractivity (Wildman–Crippen MR) is 152 cm³/mol. The van der Waals surface area contributed by atoms with E-state index < -0.39 is 11.6 Å². The van der Waals surface area contributed by atoms with Gasteiger partial charge in [-0.1, -0.05) is 41.5 Å². The van der Waals surface area contributed by atoms with Gasteiger partial charge in [0.1, 0.15) is 6.10 Å². The zero-order valence-corrected chi connectivity index (χ0v) is 25.7. The standard InChI is InChI=1S/C33H54N2O5/c1-18(2)25(40-28(38)35-14-7-15-35)20-16-19(3)24-26(39-20)27(37)33(34)22-9-8-21-29(4,5)23(36)10-11-31(21)17-32(22,31)13-12-30(24,33)6/h18-27,36-37H,7-17,34H2,1-6H3. The Bertz CT molecular complexity index is 1060. The summed E-state index contributed by atoms with van der Waals surface area (Å²) in [6.45, 7) is 15.0. The predicted octanol–water partition coefficient (Wildman–Crippen LogP) is 4.72. The van der Waals surface area contributed by atoms with E-state index >= 15 is 0 Å². The highest BCUT2D eigenvalue weighted by Crippen LogP contribution is 2.87. The van der Waals surface area contributed by atoms with Crippen molar-refractivity contribution in [3.8, 4) is 0 Å². The highest BCUT2D eigenvalue weighted by molar-refractivity contribution is 5.68. The fourth-order valence-corrected chi connectivity index (χ4v) is 12.5. The second-order valence-electron chi connectivity index (χ2n) is 16.7. The molecule has 2 heterocycles. The number of rotatable bonds is 3. The maximum Gasteiger partial charge on any atom is 0.410 e. The maximum atomic E-state index is 12.8. The lowest BCUT2D eigenvalue weighted by molar-refractivity contribution is -0.180. The molecule has 7 heteroatoms. The molecule has 7 aliphatic rings. The molecule has 2 spiro atoms. The molecule has 5 saturated carbocycles. The number of aliphatic hydroxyl groups is 2. The molecule has 1 amide bonds. The number of nitrogens with zero attached hydrogens (tertiary/aromatic N) is 1. The Labute approximate surface area is 240 Å². The Morgan fingerprint density at radius 1 is 1.02 bits per heavy atom. The van der Waals surface area contributed by atoms with Crippen LogP contribution in [0.15, 0.2) is 0 Å². The van der Waals surface area contributed by atoms with Gasteiger partial charge in [-0.05, 0) is 109 Å². The van der Waals surface area contributed by atoms with Crippen molar-refractivity contribution >= 4 is 6.09 Å². The molecule has 0 bridgehead atoms. The van der Waals surface area contributed by atoms with Gasteiger partial charge >= 0.3 is 6.09 Å². The van der Waals surface area contributed by atoms with Crippen LogP contribution in [-0.4, -0.2) is 70.4 Å². The lowest BCUT2D eigenvalue weighted by atomic mass is 9.43. The van der Waals surface area contributed by atoms with Crippen LogP contribution in [0.25, 0.3) is 0 Å². The van der Waals surface area contributed by atoms with Gasteiger partial charge in [-0.3, -0.25) is 0 Å². The molecule has 226 valence electrons. The largest absolute Gasteiger partial charge is 0.443 e. The number of aliphatic hydroxyl groups excluding tert-OH is 2. The van der Waals surface area contributed by atoms with Gasteiger partial charge in [0.15, 0.2) is 0 Å². The monoisotopic (exact) mass is 558 g/mol. The molecule has 13 unspecified atom stereocenters. The summed E-state index contributed by atoms with van der Waals surface area (Å²) in [6.07, 6.45) is 7.30. The zero-order valence-electron chi connectivity index (χ0n) is 25.7. The summed E-state index contributed by atoms with van der Waals surface area (Å²) < 4.78 is 13.0. The van der Waals surface area contributed by atoms with Crippen molar-refractivity contribution in [3.63, 3.8) is 0 Å². The van der Waals surface area contributed by atoms with Crippen LogP contribution >= 0.6 is 0 Å². The van der Waals surface area contributed by atoms with E-state index in [1.807, 2.05) is 0 Å². The van der Waals surface area contributed by atoms with Crippen molar-refractivity contribution in [2.24, 2.45) is 57.0 Å². The fraction of sp³-hybridized carbons (Fsp3) is 0.970. The van der Waals surface area contributed by atoms with Crippen molar-refractivity contribution in [1.82, 2.24) is 4.90 Å². The highest BCUT2D eigenvalue weighted by Gasteiger charge is 2.85. The van der Waals surface area contributed by atoms with Crippen LogP contribution in [-0.2, 0) is 9.47 Å². The molecule has 2 aliphatic heterocycles. The normalized spacial score (nSPS) is 54.7. The molecule has 7 rings (SSSR count). The molecule has 0 aromatic heterocycles. The first-order valence-corrected chi connectivity index (χ1v) is 16.5. The molecule has 5 aliphatic carbocycles. The van der Waals surface area contributed by atoms with Crippen LogP contribution in [0.3, 0.4) is 0 Å². The Kier molecular flexibility index (Phi) is 6.00. The first kappa shape index (κ1) is 27.9. The number of fused-ring (bicyclic) bond motifs is 4. The summed E-state index contributed by atoms with van der Waals surface area (Å²) in [5.74, 6) is 1.44. The van der Waals surface area contributed by atoms with Crippen molar-refractivity contribution in [3.05, 3.63) is 0 Å². The van der Waals surface area contributed by atoms with Crippen molar-refractivity contribution in [2.45, 2.75) is 135 Å². The van der Waals surface area contributed by atoms with Gasteiger partial charge in [0.2, 0.25) is 0 Å². The average Bonchev–Trinajstić information content (AvgIpc) is 3.48. The molecule has 0 aromatic rings. The number of hydrogen-bond acceptors (Lipinski definition) is 6. The van der Waals surface area contributed by atoms with Gasteiger partial charge in [-0.25, -0.2) is 4.79 Å². The molecule has 4 N–H and O–H groups in total. The Morgan fingerprint density at radius 3 is 2.35 bits per heavy atom. The number of carbonyl (C=O) groups is 1. The minimum atomic E-state index is -0.731. The first-order chi connectivity index (χ1) is 18.7. The Hall–Kier alpha value is -0.890. The Balaban J connectivity index is 1.18. The van der Waals surface area contributed by atoms with Crippen LogP contribution in [0.5, 0.6) is 0 Å². The molecule has 40 heavy (non-hydrogen) atoms. The van der Waals surface area contributed by atoms with E-state index in [-0.39, 0.29) is 69.9 Å². The molecule has 7 fully saturated rings. The molecule has 2 saturated heterocycles. The van der Waals surface area contributed by atoms with Gasteiger partial charge in [0.05, 0.1) is 30.0 Å². The molecular weight excluding hydrogens is 504 g/mol. The average molecular weight is 559 g/mol. The first-order valence-electron chi connectivity index (χ1n) is 16.5. The van der Waals surface area contributed by atoms with Gasteiger partial charge < -0.3 is 30.3 Å². The number of carbonyl (C=O) groups excluding carboxylic acids is 1. The summed E-state index contributed by atoms with van der Waals surface area (Å²) >= 11 is 0. The number of hydrogen-bond donors (Lipinski definition) is 3. The second kappa shape index (κ2) is 8.60. The van der Waals surface area contributed by atoms with Crippen LogP contribution in [0.2, 0.25) is 0 Å². The second-order valence-corrected chi connectivity index (χ2v) is 16.7.